The number of aliphatic imine (C=N–C) groups is 1. The van der Waals surface area contributed by atoms with E-state index in [1.165, 1.54) is 0 Å². The van der Waals surface area contributed by atoms with Gasteiger partial charge in [0.25, 0.3) is 6.02 Å². The second-order valence-corrected chi connectivity index (χ2v) is 7.50. The van der Waals surface area contributed by atoms with Gasteiger partial charge in [-0.15, -0.1) is 0 Å². The smallest absolute Gasteiger partial charge is 0.283 e. The molecule has 5 rings (SSSR count). The van der Waals surface area contributed by atoms with Crippen molar-refractivity contribution in [1.29, 1.82) is 0 Å². The molecule has 8 nitrogen and oxygen atoms in total. The van der Waals surface area contributed by atoms with Gasteiger partial charge in [-0.1, -0.05) is 0 Å². The SMILES string of the molecule is COc1ccc(O)cc1.NC1=N[C@@]2(CO1)c1cc(O)ccc1Oc1ncc(Br)cc12. The Kier molecular flexibility index (Phi) is 5.13. The third-order valence-corrected chi connectivity index (χ3v) is 5.11. The molecule has 3 aromatic rings. The summed E-state index contributed by atoms with van der Waals surface area (Å²) in [7, 11) is 1.59. The zero-order chi connectivity index (χ0) is 21.3. The van der Waals surface area contributed by atoms with Gasteiger partial charge >= 0.3 is 0 Å². The molecule has 0 unspecified atom stereocenters. The molecule has 0 aliphatic carbocycles. The van der Waals surface area contributed by atoms with E-state index in [1.807, 2.05) is 6.07 Å². The number of hydrogen-bond donors (Lipinski definition) is 3. The number of nitrogens with two attached hydrogens (primary N) is 1. The van der Waals surface area contributed by atoms with E-state index in [9.17, 15) is 5.11 Å². The molecule has 2 aliphatic heterocycles. The minimum absolute atomic E-state index is 0.108. The van der Waals surface area contributed by atoms with Crippen molar-refractivity contribution in [2.45, 2.75) is 5.54 Å². The van der Waals surface area contributed by atoms with Gasteiger partial charge in [0.05, 0.1) is 12.7 Å². The number of benzene rings is 2. The number of nitrogens with zero attached hydrogens (tertiary/aromatic N) is 2. The average Bonchev–Trinajstić information content (AvgIpc) is 3.13. The molecule has 1 spiro atoms. The normalized spacial score (nSPS) is 18.1. The lowest BCUT2D eigenvalue weighted by Crippen LogP contribution is -2.31. The summed E-state index contributed by atoms with van der Waals surface area (Å²) in [6.45, 7) is 0.240. The lowest BCUT2D eigenvalue weighted by molar-refractivity contribution is 0.262. The summed E-state index contributed by atoms with van der Waals surface area (Å²) in [5, 5.41) is 18.6. The van der Waals surface area contributed by atoms with Crippen LogP contribution in [-0.4, -0.2) is 34.9 Å². The lowest BCUT2D eigenvalue weighted by Gasteiger charge is -2.32. The molecule has 1 aromatic heterocycles. The lowest BCUT2D eigenvalue weighted by atomic mass is 9.82. The Labute approximate surface area is 180 Å². The van der Waals surface area contributed by atoms with Gasteiger partial charge < -0.3 is 30.2 Å². The number of ether oxygens (including phenoxy) is 3. The molecule has 154 valence electrons. The molecule has 1 atom stereocenters. The molecule has 3 heterocycles. The Morgan fingerprint density at radius 3 is 2.47 bits per heavy atom. The Balaban J connectivity index is 0.000000204. The fourth-order valence-corrected chi connectivity index (χ4v) is 3.60. The van der Waals surface area contributed by atoms with Crippen molar-refractivity contribution in [3.8, 4) is 28.9 Å². The van der Waals surface area contributed by atoms with Crippen LogP contribution in [0.1, 0.15) is 11.1 Å². The number of methoxy groups -OCH3 is 1. The Morgan fingerprint density at radius 1 is 1.07 bits per heavy atom. The van der Waals surface area contributed by atoms with E-state index in [1.54, 1.807) is 55.8 Å². The summed E-state index contributed by atoms with van der Waals surface area (Å²) in [5.74, 6) is 2.18. The zero-order valence-corrected chi connectivity index (χ0v) is 17.5. The summed E-state index contributed by atoms with van der Waals surface area (Å²) in [6, 6.07) is 13.4. The molecule has 0 saturated carbocycles. The summed E-state index contributed by atoms with van der Waals surface area (Å²) in [4.78, 5) is 8.75. The molecule has 0 radical (unpaired) electrons. The number of phenolic OH excluding ortho intramolecular Hbond substituents is 2. The number of pyridine rings is 1. The Bertz CT molecular complexity index is 1070. The first-order chi connectivity index (χ1) is 14.4. The van der Waals surface area contributed by atoms with Gasteiger partial charge in [-0.25, -0.2) is 9.98 Å². The molecule has 0 bridgehead atoms. The van der Waals surface area contributed by atoms with E-state index in [2.05, 4.69) is 25.9 Å². The molecule has 0 fully saturated rings. The van der Waals surface area contributed by atoms with E-state index >= 15 is 0 Å². The van der Waals surface area contributed by atoms with E-state index in [0.29, 0.717) is 17.2 Å². The molecular formula is C21H18BrN3O5. The van der Waals surface area contributed by atoms with E-state index in [4.69, 9.17) is 25.1 Å². The highest BCUT2D eigenvalue weighted by Gasteiger charge is 2.47. The van der Waals surface area contributed by atoms with Gasteiger partial charge in [-0.05, 0) is 64.5 Å². The van der Waals surface area contributed by atoms with Gasteiger partial charge in [0.15, 0.2) is 5.54 Å². The maximum absolute atomic E-state index is 9.80. The number of aromatic hydroxyl groups is 2. The monoisotopic (exact) mass is 471 g/mol. The maximum atomic E-state index is 9.80. The average molecular weight is 472 g/mol. The van der Waals surface area contributed by atoms with Crippen LogP contribution in [0.3, 0.4) is 0 Å². The minimum atomic E-state index is -0.845. The van der Waals surface area contributed by atoms with Crippen LogP contribution in [0.15, 0.2) is 64.2 Å². The predicted octanol–water partition coefficient (Wildman–Crippen LogP) is 3.64. The van der Waals surface area contributed by atoms with Gasteiger partial charge in [0.1, 0.15) is 29.6 Å². The topological polar surface area (TPSA) is 119 Å². The van der Waals surface area contributed by atoms with Crippen molar-refractivity contribution in [2.24, 2.45) is 10.7 Å². The van der Waals surface area contributed by atoms with Gasteiger partial charge in [-0.2, -0.15) is 0 Å². The fourth-order valence-electron chi connectivity index (χ4n) is 3.27. The third-order valence-electron chi connectivity index (χ3n) is 4.68. The van der Waals surface area contributed by atoms with Crippen LogP contribution in [0.25, 0.3) is 0 Å². The van der Waals surface area contributed by atoms with E-state index in [-0.39, 0.29) is 24.1 Å². The van der Waals surface area contributed by atoms with Crippen LogP contribution >= 0.6 is 15.9 Å². The number of hydrogen-bond acceptors (Lipinski definition) is 8. The molecule has 2 aliphatic rings. The highest BCUT2D eigenvalue weighted by atomic mass is 79.9. The van der Waals surface area contributed by atoms with Gasteiger partial charge in [0.2, 0.25) is 5.88 Å². The number of aromatic nitrogens is 1. The number of phenols is 2. The van der Waals surface area contributed by atoms with E-state index < -0.39 is 5.54 Å². The summed E-state index contributed by atoms with van der Waals surface area (Å²) >= 11 is 3.40. The summed E-state index contributed by atoms with van der Waals surface area (Å²) < 4.78 is 16.8. The second kappa shape index (κ2) is 7.75. The van der Waals surface area contributed by atoms with Crippen molar-refractivity contribution in [3.05, 3.63) is 70.3 Å². The van der Waals surface area contributed by atoms with Crippen LogP contribution in [0.5, 0.6) is 28.9 Å². The first-order valence-electron chi connectivity index (χ1n) is 8.90. The molecule has 9 heteroatoms. The predicted molar refractivity (Wildman–Crippen MR) is 113 cm³/mol. The van der Waals surface area contributed by atoms with Crippen molar-refractivity contribution in [2.75, 3.05) is 13.7 Å². The summed E-state index contributed by atoms with van der Waals surface area (Å²) in [5.41, 5.74) is 6.33. The first-order valence-corrected chi connectivity index (χ1v) is 9.69. The van der Waals surface area contributed by atoms with E-state index in [0.717, 1.165) is 15.8 Å². The van der Waals surface area contributed by atoms with Crippen molar-refractivity contribution in [3.63, 3.8) is 0 Å². The maximum Gasteiger partial charge on any atom is 0.283 e. The van der Waals surface area contributed by atoms with Crippen LogP contribution < -0.4 is 15.2 Å². The quantitative estimate of drug-likeness (QED) is 0.495. The zero-order valence-electron chi connectivity index (χ0n) is 15.9. The highest BCUT2D eigenvalue weighted by Crippen LogP contribution is 2.51. The number of rotatable bonds is 1. The van der Waals surface area contributed by atoms with Crippen LogP contribution in [0.4, 0.5) is 0 Å². The molecule has 4 N–H and O–H groups in total. The van der Waals surface area contributed by atoms with Gasteiger partial charge in [0, 0.05) is 16.2 Å². The Hall–Kier alpha value is -3.46. The largest absolute Gasteiger partial charge is 0.508 e. The molecule has 30 heavy (non-hydrogen) atoms. The molecule has 0 amide bonds. The van der Waals surface area contributed by atoms with Crippen molar-refractivity contribution in [1.82, 2.24) is 4.98 Å². The fraction of sp³-hybridized carbons (Fsp3) is 0.143. The molecule has 2 aromatic carbocycles. The van der Waals surface area contributed by atoms with Crippen molar-refractivity contribution < 1.29 is 24.4 Å². The van der Waals surface area contributed by atoms with Crippen molar-refractivity contribution >= 4 is 22.0 Å². The minimum Gasteiger partial charge on any atom is -0.508 e. The summed E-state index contributed by atoms with van der Waals surface area (Å²) in [6.07, 6.45) is 1.65. The van der Waals surface area contributed by atoms with Crippen LogP contribution in [-0.2, 0) is 10.3 Å². The molecule has 0 saturated heterocycles. The van der Waals surface area contributed by atoms with Gasteiger partial charge in [-0.3, -0.25) is 0 Å². The number of halogens is 1. The number of fused-ring (bicyclic) bond motifs is 4. The van der Waals surface area contributed by atoms with Crippen LogP contribution in [0.2, 0.25) is 0 Å². The highest BCUT2D eigenvalue weighted by molar-refractivity contribution is 9.10. The first kappa shape index (κ1) is 19.8. The third kappa shape index (κ3) is 3.59. The van der Waals surface area contributed by atoms with Crippen LogP contribution in [0, 0.1) is 0 Å². The Morgan fingerprint density at radius 2 is 1.80 bits per heavy atom. The number of amidine groups is 1. The second-order valence-electron chi connectivity index (χ2n) is 6.59. The molecular weight excluding hydrogens is 454 g/mol. The standard InChI is InChI=1S/C14H10BrN3O3.C7H8O2/c15-7-3-10-12(17-5-7)21-11-2-1-8(19)4-9(11)14(10)6-20-13(16)18-14;1-9-7-4-2-6(8)3-5-7/h1-5,19H,6H2,(H2,16,18);2-5,8H,1H3/t14-;/m0./s1.